The molecule has 0 radical (unpaired) electrons. The van der Waals surface area contributed by atoms with E-state index in [4.69, 9.17) is 4.52 Å². The Balaban J connectivity index is 1.64. The number of hydrogen-bond donors (Lipinski definition) is 1. The van der Waals surface area contributed by atoms with Gasteiger partial charge in [-0.25, -0.2) is 0 Å². The van der Waals surface area contributed by atoms with Gasteiger partial charge in [0.05, 0.1) is 0 Å². The molecule has 0 aliphatic rings. The van der Waals surface area contributed by atoms with Gasteiger partial charge in [0.1, 0.15) is 5.69 Å². The maximum Gasteiger partial charge on any atom is 0.269 e. The van der Waals surface area contributed by atoms with Crippen LogP contribution < -0.4 is 5.32 Å². The van der Waals surface area contributed by atoms with Crippen LogP contribution in [-0.2, 0) is 13.6 Å². The van der Waals surface area contributed by atoms with Gasteiger partial charge < -0.3 is 9.84 Å². The van der Waals surface area contributed by atoms with Gasteiger partial charge in [-0.3, -0.25) is 9.48 Å². The van der Waals surface area contributed by atoms with E-state index in [0.29, 0.717) is 18.1 Å². The quantitative estimate of drug-likeness (QED) is 0.782. The van der Waals surface area contributed by atoms with Crippen LogP contribution in [0.4, 0.5) is 0 Å². The van der Waals surface area contributed by atoms with Crippen LogP contribution in [0.15, 0.2) is 47.4 Å². The van der Waals surface area contributed by atoms with Gasteiger partial charge in [0.15, 0.2) is 0 Å². The molecule has 0 spiro atoms. The zero-order valence-electron chi connectivity index (χ0n) is 11.4. The molecule has 2 aromatic heterocycles. The molecule has 21 heavy (non-hydrogen) atoms. The van der Waals surface area contributed by atoms with Crippen LogP contribution >= 0.6 is 0 Å². The van der Waals surface area contributed by atoms with Crippen molar-refractivity contribution in [1.82, 2.24) is 25.2 Å². The Labute approximate surface area is 120 Å². The molecular formula is C14H13N5O2. The maximum absolute atomic E-state index is 11.9. The topological polar surface area (TPSA) is 85.8 Å². The van der Waals surface area contributed by atoms with Crippen molar-refractivity contribution in [3.8, 4) is 11.4 Å². The van der Waals surface area contributed by atoms with E-state index in [1.54, 1.807) is 19.3 Å². The first-order chi connectivity index (χ1) is 10.2. The van der Waals surface area contributed by atoms with E-state index in [1.165, 1.54) is 11.1 Å². The maximum atomic E-state index is 11.9. The van der Waals surface area contributed by atoms with E-state index < -0.39 is 0 Å². The molecule has 0 atom stereocenters. The fraction of sp³-hybridized carbons (Fsp3) is 0.143. The van der Waals surface area contributed by atoms with E-state index in [1.807, 2.05) is 24.3 Å². The Morgan fingerprint density at radius 3 is 2.71 bits per heavy atom. The summed E-state index contributed by atoms with van der Waals surface area (Å²) in [4.78, 5) is 15.9. The minimum atomic E-state index is -0.155. The molecule has 0 unspecified atom stereocenters. The van der Waals surface area contributed by atoms with Crippen LogP contribution in [0.25, 0.3) is 11.4 Å². The van der Waals surface area contributed by atoms with Gasteiger partial charge in [-0.1, -0.05) is 29.4 Å². The Bertz CT molecular complexity index is 731. The zero-order valence-corrected chi connectivity index (χ0v) is 11.4. The summed E-state index contributed by atoms with van der Waals surface area (Å²) < 4.78 is 6.24. The Morgan fingerprint density at radius 2 is 2.10 bits per heavy atom. The second-order valence-electron chi connectivity index (χ2n) is 4.47. The van der Waals surface area contributed by atoms with Crippen LogP contribution in [0, 0.1) is 0 Å². The smallest absolute Gasteiger partial charge is 0.269 e. The molecule has 0 bridgehead atoms. The fourth-order valence-electron chi connectivity index (χ4n) is 1.94. The molecule has 106 valence electrons. The first kappa shape index (κ1) is 13.0. The van der Waals surface area contributed by atoms with Crippen LogP contribution in [0.2, 0.25) is 0 Å². The van der Waals surface area contributed by atoms with Crippen LogP contribution in [0.1, 0.15) is 16.1 Å². The minimum Gasteiger partial charge on any atom is -0.347 e. The van der Waals surface area contributed by atoms with Gasteiger partial charge in [0.2, 0.25) is 12.2 Å². The number of nitrogens with one attached hydrogen (secondary N) is 1. The molecule has 0 saturated carbocycles. The molecule has 3 aromatic rings. The summed E-state index contributed by atoms with van der Waals surface area (Å²) in [6, 6.07) is 9.27. The number of nitrogens with zero attached hydrogens (tertiary/aromatic N) is 4. The van der Waals surface area contributed by atoms with Crippen LogP contribution in [0.5, 0.6) is 0 Å². The molecule has 1 amide bonds. The summed E-state index contributed by atoms with van der Waals surface area (Å²) in [6.07, 6.45) is 2.88. The molecule has 3 rings (SSSR count). The number of carbonyl (C=O) groups excluding carboxylic acids is 1. The lowest BCUT2D eigenvalue weighted by Crippen LogP contribution is -2.25. The summed E-state index contributed by atoms with van der Waals surface area (Å²) in [6.45, 7) is 0.441. The summed E-state index contributed by atoms with van der Waals surface area (Å²) >= 11 is 0. The molecule has 1 aromatic carbocycles. The number of benzene rings is 1. The lowest BCUT2D eigenvalue weighted by atomic mass is 10.1. The largest absolute Gasteiger partial charge is 0.347 e. The van der Waals surface area contributed by atoms with E-state index in [0.717, 1.165) is 11.1 Å². The zero-order chi connectivity index (χ0) is 14.7. The SMILES string of the molecule is Cn1nccc1C(=O)NCc1ccc(-c2ncon2)cc1. The molecule has 7 heteroatoms. The van der Waals surface area contributed by atoms with E-state index in [2.05, 4.69) is 20.6 Å². The Kier molecular flexibility index (Phi) is 3.46. The average molecular weight is 283 g/mol. The average Bonchev–Trinajstić information content (AvgIpc) is 3.16. The monoisotopic (exact) mass is 283 g/mol. The standard InChI is InChI=1S/C14H13N5O2/c1-19-12(6-7-17-19)14(20)15-8-10-2-4-11(5-3-10)13-16-9-21-18-13/h2-7,9H,8H2,1H3,(H,15,20). The number of hydrogen-bond acceptors (Lipinski definition) is 5. The molecule has 0 saturated heterocycles. The fourth-order valence-corrected chi connectivity index (χ4v) is 1.94. The normalized spacial score (nSPS) is 10.5. The van der Waals surface area contributed by atoms with Crippen molar-refractivity contribution >= 4 is 5.91 Å². The second-order valence-corrected chi connectivity index (χ2v) is 4.47. The van der Waals surface area contributed by atoms with E-state index in [-0.39, 0.29) is 5.91 Å². The van der Waals surface area contributed by atoms with Crippen molar-refractivity contribution in [2.75, 3.05) is 0 Å². The van der Waals surface area contributed by atoms with Crippen molar-refractivity contribution < 1.29 is 9.32 Å². The summed E-state index contributed by atoms with van der Waals surface area (Å²) in [5.74, 6) is 0.387. The van der Waals surface area contributed by atoms with E-state index >= 15 is 0 Å². The molecule has 2 heterocycles. The van der Waals surface area contributed by atoms with Crippen molar-refractivity contribution in [2.45, 2.75) is 6.54 Å². The van der Waals surface area contributed by atoms with Crippen molar-refractivity contribution in [1.29, 1.82) is 0 Å². The highest BCUT2D eigenvalue weighted by atomic mass is 16.5. The molecule has 7 nitrogen and oxygen atoms in total. The molecule has 0 aliphatic heterocycles. The van der Waals surface area contributed by atoms with Gasteiger partial charge in [-0.2, -0.15) is 10.1 Å². The molecular weight excluding hydrogens is 270 g/mol. The number of aromatic nitrogens is 4. The van der Waals surface area contributed by atoms with Gasteiger partial charge in [0.25, 0.3) is 5.91 Å². The highest BCUT2D eigenvalue weighted by molar-refractivity contribution is 5.92. The van der Waals surface area contributed by atoms with Gasteiger partial charge >= 0.3 is 0 Å². The predicted molar refractivity (Wildman–Crippen MR) is 74.1 cm³/mol. The molecule has 0 fully saturated rings. The third-order valence-corrected chi connectivity index (χ3v) is 3.08. The van der Waals surface area contributed by atoms with Gasteiger partial charge in [0, 0.05) is 25.4 Å². The summed E-state index contributed by atoms with van der Waals surface area (Å²) in [5, 5.41) is 10.6. The highest BCUT2D eigenvalue weighted by Crippen LogP contribution is 2.15. The number of amides is 1. The Hall–Kier alpha value is -2.96. The van der Waals surface area contributed by atoms with Crippen molar-refractivity contribution in [2.24, 2.45) is 7.05 Å². The number of aryl methyl sites for hydroxylation is 1. The lowest BCUT2D eigenvalue weighted by molar-refractivity contribution is 0.0941. The Morgan fingerprint density at radius 1 is 1.29 bits per heavy atom. The van der Waals surface area contributed by atoms with Crippen molar-refractivity contribution in [3.05, 3.63) is 54.2 Å². The second kappa shape index (κ2) is 5.58. The molecule has 1 N–H and O–H groups in total. The van der Waals surface area contributed by atoms with Crippen molar-refractivity contribution in [3.63, 3.8) is 0 Å². The molecule has 0 aliphatic carbocycles. The highest BCUT2D eigenvalue weighted by Gasteiger charge is 2.09. The predicted octanol–water partition coefficient (Wildman–Crippen LogP) is 1.40. The van der Waals surface area contributed by atoms with Gasteiger partial charge in [-0.05, 0) is 11.6 Å². The number of carbonyl (C=O) groups is 1. The summed E-state index contributed by atoms with van der Waals surface area (Å²) in [7, 11) is 1.73. The third kappa shape index (κ3) is 2.81. The first-order valence-corrected chi connectivity index (χ1v) is 6.36. The number of rotatable bonds is 4. The minimum absolute atomic E-state index is 0.155. The van der Waals surface area contributed by atoms with Crippen LogP contribution in [0.3, 0.4) is 0 Å². The van der Waals surface area contributed by atoms with Crippen LogP contribution in [-0.4, -0.2) is 25.8 Å². The van der Waals surface area contributed by atoms with Gasteiger partial charge in [-0.15, -0.1) is 0 Å². The third-order valence-electron chi connectivity index (χ3n) is 3.08. The lowest BCUT2D eigenvalue weighted by Gasteiger charge is -2.06. The first-order valence-electron chi connectivity index (χ1n) is 6.36. The summed E-state index contributed by atoms with van der Waals surface area (Å²) in [5.41, 5.74) is 2.38. The van der Waals surface area contributed by atoms with E-state index in [9.17, 15) is 4.79 Å².